The summed E-state index contributed by atoms with van der Waals surface area (Å²) in [7, 11) is 0. The Labute approximate surface area is 257 Å². The molecule has 4 aliphatic carbocycles. The van der Waals surface area contributed by atoms with E-state index in [1.165, 1.54) is 6.92 Å². The van der Waals surface area contributed by atoms with Crippen molar-refractivity contribution in [3.63, 3.8) is 0 Å². The van der Waals surface area contributed by atoms with E-state index < -0.39 is 69.9 Å². The normalized spacial score (nSPS) is 41.8. The monoisotopic (exact) mass is 606 g/mol. The topological polar surface area (TPSA) is 154 Å². The zero-order valence-corrected chi connectivity index (χ0v) is 25.3. The molecule has 0 amide bonds. The van der Waals surface area contributed by atoms with E-state index in [0.29, 0.717) is 19.3 Å². The highest BCUT2D eigenvalue weighted by atomic mass is 16.6. The average Bonchev–Trinajstić information content (AvgIpc) is 3.24. The lowest BCUT2D eigenvalue weighted by Gasteiger charge is -2.68. The highest BCUT2D eigenvalue weighted by molar-refractivity contribution is 5.90. The minimum absolute atomic E-state index is 0.0105. The van der Waals surface area contributed by atoms with Crippen molar-refractivity contribution in [3.8, 4) is 0 Å². The lowest BCUT2D eigenvalue weighted by Crippen LogP contribution is -2.81. The van der Waals surface area contributed by atoms with Gasteiger partial charge in [0.05, 0.1) is 22.6 Å². The standard InChI is InChI=1S/C35H42O9/c1-21(43-29(38)22-10-6-4-7-11-22)33(40)16-17-34(41)32(33,3)28(44-30(39)23-12-8-5-9-13-23)20-26-31(2)15-14-25(36)18-24(31)19-27(37)35(26,34)42/h4-13,19,21,25-28,36-37,40-42H,14-18,20H2,1-3H3/t21?,25?,26-,27?,28?,31+,32-,33+,34+,35-/m1/s1. The van der Waals surface area contributed by atoms with E-state index in [9.17, 15) is 35.1 Å². The quantitative estimate of drug-likeness (QED) is 0.255. The highest BCUT2D eigenvalue weighted by Crippen LogP contribution is 2.71. The van der Waals surface area contributed by atoms with E-state index in [-0.39, 0.29) is 30.4 Å². The van der Waals surface area contributed by atoms with Crippen molar-refractivity contribution < 1.29 is 44.6 Å². The minimum Gasteiger partial charge on any atom is -0.458 e. The maximum absolute atomic E-state index is 13.6. The summed E-state index contributed by atoms with van der Waals surface area (Å²) in [6.45, 7) is 5.05. The number of esters is 2. The number of carbonyl (C=O) groups excluding carboxylic acids is 2. The third-order valence-corrected chi connectivity index (χ3v) is 11.9. The summed E-state index contributed by atoms with van der Waals surface area (Å²) < 4.78 is 12.0. The van der Waals surface area contributed by atoms with Gasteiger partial charge in [-0.2, -0.15) is 0 Å². The number of aliphatic hydroxyl groups excluding tert-OH is 2. The van der Waals surface area contributed by atoms with Crippen molar-refractivity contribution in [2.45, 2.75) is 101 Å². The summed E-state index contributed by atoms with van der Waals surface area (Å²) in [4.78, 5) is 26.7. The summed E-state index contributed by atoms with van der Waals surface area (Å²) in [5.41, 5.74) is -7.46. The van der Waals surface area contributed by atoms with Crippen LogP contribution in [0.1, 0.15) is 80.0 Å². The number of fused-ring (bicyclic) bond motifs is 5. The number of rotatable bonds is 5. The van der Waals surface area contributed by atoms with E-state index in [2.05, 4.69) is 0 Å². The summed E-state index contributed by atoms with van der Waals surface area (Å²) >= 11 is 0. The van der Waals surface area contributed by atoms with E-state index in [1.54, 1.807) is 73.7 Å². The Kier molecular flexibility index (Phi) is 7.37. The molecule has 5 N–H and O–H groups in total. The Hall–Kier alpha value is -3.08. The largest absolute Gasteiger partial charge is 0.458 e. The Balaban J connectivity index is 1.46. The third kappa shape index (κ3) is 4.09. The lowest BCUT2D eigenvalue weighted by atomic mass is 9.41. The fraction of sp³-hybridized carbons (Fsp3) is 0.543. The van der Waals surface area contributed by atoms with Gasteiger partial charge in [-0.25, -0.2) is 9.59 Å². The molecule has 0 bridgehead atoms. The molecular weight excluding hydrogens is 564 g/mol. The Morgan fingerprint density at radius 1 is 0.864 bits per heavy atom. The lowest BCUT2D eigenvalue weighted by molar-refractivity contribution is -0.341. The van der Waals surface area contributed by atoms with Crippen LogP contribution in [0, 0.1) is 16.7 Å². The number of aliphatic hydroxyl groups is 5. The van der Waals surface area contributed by atoms with Gasteiger partial charge in [-0.15, -0.1) is 0 Å². The predicted molar refractivity (Wildman–Crippen MR) is 159 cm³/mol. The molecule has 0 aliphatic heterocycles. The van der Waals surface area contributed by atoms with E-state index in [1.807, 2.05) is 6.92 Å². The molecule has 3 fully saturated rings. The smallest absolute Gasteiger partial charge is 0.338 e. The molecule has 3 saturated carbocycles. The number of hydrogen-bond acceptors (Lipinski definition) is 9. The first-order valence-electron chi connectivity index (χ1n) is 15.5. The first kappa shape index (κ1) is 30.9. The molecule has 0 spiro atoms. The van der Waals surface area contributed by atoms with Crippen LogP contribution in [-0.4, -0.2) is 78.7 Å². The van der Waals surface area contributed by atoms with Crippen molar-refractivity contribution in [1.82, 2.24) is 0 Å². The van der Waals surface area contributed by atoms with Crippen LogP contribution < -0.4 is 0 Å². The van der Waals surface area contributed by atoms with E-state index in [4.69, 9.17) is 9.47 Å². The van der Waals surface area contributed by atoms with Crippen LogP contribution in [0.3, 0.4) is 0 Å². The molecule has 6 rings (SSSR count). The van der Waals surface area contributed by atoms with Gasteiger partial charge in [0, 0.05) is 5.92 Å². The Morgan fingerprint density at radius 3 is 2.07 bits per heavy atom. The second kappa shape index (κ2) is 10.5. The molecule has 44 heavy (non-hydrogen) atoms. The van der Waals surface area contributed by atoms with Crippen LogP contribution in [-0.2, 0) is 9.47 Å². The number of benzene rings is 2. The van der Waals surface area contributed by atoms with Crippen LogP contribution >= 0.6 is 0 Å². The van der Waals surface area contributed by atoms with Crippen molar-refractivity contribution in [3.05, 3.63) is 83.4 Å². The highest BCUT2D eigenvalue weighted by Gasteiger charge is 2.83. The van der Waals surface area contributed by atoms with Crippen LogP contribution in [0.25, 0.3) is 0 Å². The molecule has 0 heterocycles. The summed E-state index contributed by atoms with van der Waals surface area (Å²) in [5, 5.41) is 60.2. The fourth-order valence-electron chi connectivity index (χ4n) is 9.18. The average molecular weight is 607 g/mol. The zero-order chi connectivity index (χ0) is 31.7. The van der Waals surface area contributed by atoms with Gasteiger partial charge in [0.1, 0.15) is 35.1 Å². The van der Waals surface area contributed by atoms with Gasteiger partial charge in [0.15, 0.2) is 0 Å². The molecule has 9 heteroatoms. The van der Waals surface area contributed by atoms with E-state index >= 15 is 0 Å². The summed E-state index contributed by atoms with van der Waals surface area (Å²) in [6, 6.07) is 16.7. The zero-order valence-electron chi connectivity index (χ0n) is 25.3. The molecule has 4 aliphatic rings. The second-order valence-corrected chi connectivity index (χ2v) is 13.7. The van der Waals surface area contributed by atoms with Crippen molar-refractivity contribution in [2.24, 2.45) is 16.7 Å². The minimum atomic E-state index is -2.17. The van der Waals surface area contributed by atoms with Crippen molar-refractivity contribution in [1.29, 1.82) is 0 Å². The summed E-state index contributed by atoms with van der Waals surface area (Å²) in [6.07, 6.45) is -1.88. The van der Waals surface area contributed by atoms with Crippen LogP contribution in [0.4, 0.5) is 0 Å². The molecule has 9 nitrogen and oxygen atoms in total. The van der Waals surface area contributed by atoms with Gasteiger partial charge in [0.25, 0.3) is 0 Å². The Morgan fingerprint density at radius 2 is 1.45 bits per heavy atom. The SMILES string of the molecule is CC(OC(=O)c1ccccc1)[C@@]1(O)CC[C@]2(O)[C@]1(C)C(OC(=O)c1ccccc1)C[C@@H]1[C@@]3(C)CCC(O)CC3=CC(O)[C@]12O. The molecule has 10 atom stereocenters. The predicted octanol–water partition coefficient (Wildman–Crippen LogP) is 3.32. The molecule has 2 aromatic rings. The van der Waals surface area contributed by atoms with Gasteiger partial charge in [-0.1, -0.05) is 61.9 Å². The maximum atomic E-state index is 13.6. The van der Waals surface area contributed by atoms with Gasteiger partial charge in [0.2, 0.25) is 0 Å². The third-order valence-electron chi connectivity index (χ3n) is 11.9. The Bertz CT molecular complexity index is 1460. The van der Waals surface area contributed by atoms with Crippen LogP contribution in [0.15, 0.2) is 72.3 Å². The first-order chi connectivity index (χ1) is 20.7. The van der Waals surface area contributed by atoms with Gasteiger partial charge in [-0.3, -0.25) is 0 Å². The second-order valence-electron chi connectivity index (χ2n) is 13.7. The van der Waals surface area contributed by atoms with Crippen molar-refractivity contribution in [2.75, 3.05) is 0 Å². The molecule has 0 aromatic heterocycles. The van der Waals surface area contributed by atoms with Crippen LogP contribution in [0.2, 0.25) is 0 Å². The summed E-state index contributed by atoms with van der Waals surface area (Å²) in [5.74, 6) is -2.12. The molecule has 4 unspecified atom stereocenters. The van der Waals surface area contributed by atoms with E-state index in [0.717, 1.165) is 5.57 Å². The van der Waals surface area contributed by atoms with Crippen LogP contribution in [0.5, 0.6) is 0 Å². The number of hydrogen-bond donors (Lipinski definition) is 5. The maximum Gasteiger partial charge on any atom is 0.338 e. The molecule has 236 valence electrons. The fourth-order valence-corrected chi connectivity index (χ4v) is 9.18. The number of ether oxygens (including phenoxy) is 2. The van der Waals surface area contributed by atoms with Gasteiger partial charge in [-0.05, 0) is 75.1 Å². The molecular formula is C35H42O9. The van der Waals surface area contributed by atoms with Gasteiger partial charge < -0.3 is 35.0 Å². The first-order valence-corrected chi connectivity index (χ1v) is 15.5. The molecule has 0 saturated heterocycles. The molecule has 2 aromatic carbocycles. The van der Waals surface area contributed by atoms with Gasteiger partial charge >= 0.3 is 11.9 Å². The van der Waals surface area contributed by atoms with Crippen molar-refractivity contribution >= 4 is 11.9 Å². The molecule has 0 radical (unpaired) electrons. The number of carbonyl (C=O) groups is 2.